The van der Waals surface area contributed by atoms with Crippen LogP contribution < -0.4 is 5.56 Å². The Morgan fingerprint density at radius 1 is 1.00 bits per heavy atom. The lowest BCUT2D eigenvalue weighted by molar-refractivity contribution is 0.810. The van der Waals surface area contributed by atoms with Crippen LogP contribution in [0.4, 0.5) is 0 Å². The molecule has 2 aromatic carbocycles. The van der Waals surface area contributed by atoms with Crippen LogP contribution in [0.1, 0.15) is 5.56 Å². The van der Waals surface area contributed by atoms with Crippen LogP contribution in [0.2, 0.25) is 0 Å². The summed E-state index contributed by atoms with van der Waals surface area (Å²) >= 11 is 5.45. The van der Waals surface area contributed by atoms with E-state index >= 15 is 0 Å². The van der Waals surface area contributed by atoms with Crippen molar-refractivity contribution < 1.29 is 0 Å². The minimum Gasteiger partial charge on any atom is -0.320 e. The van der Waals surface area contributed by atoms with Gasteiger partial charge in [-0.1, -0.05) is 29.8 Å². The molecule has 0 saturated carbocycles. The number of aromatic nitrogens is 2. The fourth-order valence-corrected chi connectivity index (χ4v) is 2.62. The zero-order chi connectivity index (χ0) is 14.3. The third kappa shape index (κ3) is 1.89. The second kappa shape index (κ2) is 4.72. The van der Waals surface area contributed by atoms with Gasteiger partial charge in [0.15, 0.2) is 4.77 Å². The van der Waals surface area contributed by atoms with Gasteiger partial charge in [0, 0.05) is 7.05 Å². The van der Waals surface area contributed by atoms with Crippen molar-refractivity contribution in [2.75, 3.05) is 0 Å². The second-order valence-corrected chi connectivity index (χ2v) is 5.20. The highest BCUT2D eigenvalue weighted by molar-refractivity contribution is 7.71. The Morgan fingerprint density at radius 2 is 1.65 bits per heavy atom. The Balaban J connectivity index is 2.45. The Kier molecular flexibility index (Phi) is 3.03. The fraction of sp³-hybridized carbons (Fsp3) is 0.125. The van der Waals surface area contributed by atoms with Crippen molar-refractivity contribution >= 4 is 23.1 Å². The molecular formula is C16H14N2OS. The molecule has 0 aliphatic rings. The van der Waals surface area contributed by atoms with Gasteiger partial charge in [0.25, 0.3) is 5.56 Å². The molecule has 3 rings (SSSR count). The van der Waals surface area contributed by atoms with Crippen LogP contribution in [-0.4, -0.2) is 9.13 Å². The fourth-order valence-electron chi connectivity index (χ4n) is 2.33. The van der Waals surface area contributed by atoms with E-state index in [1.54, 1.807) is 4.57 Å². The first-order valence-electron chi connectivity index (χ1n) is 6.37. The molecule has 100 valence electrons. The maximum Gasteiger partial charge on any atom is 0.266 e. The first-order valence-corrected chi connectivity index (χ1v) is 6.78. The highest BCUT2D eigenvalue weighted by Crippen LogP contribution is 2.13. The number of aryl methyl sites for hydroxylation is 2. The number of rotatable bonds is 1. The normalized spacial score (nSPS) is 10.9. The average molecular weight is 282 g/mol. The van der Waals surface area contributed by atoms with Gasteiger partial charge in [-0.05, 0) is 43.4 Å². The maximum atomic E-state index is 12.7. The molecule has 4 heteroatoms. The van der Waals surface area contributed by atoms with Crippen molar-refractivity contribution in [1.29, 1.82) is 0 Å². The molecule has 0 fully saturated rings. The lowest BCUT2D eigenvalue weighted by Gasteiger charge is -2.12. The molecule has 0 saturated heterocycles. The van der Waals surface area contributed by atoms with Gasteiger partial charge in [-0.3, -0.25) is 9.36 Å². The standard InChI is InChI=1S/C16H14N2OS/c1-11-7-9-12(10-8-11)18-15(19)13-5-3-4-6-14(13)17(2)16(18)20/h3-10H,1-2H3. The van der Waals surface area contributed by atoms with Gasteiger partial charge in [0.1, 0.15) is 0 Å². The van der Waals surface area contributed by atoms with E-state index in [-0.39, 0.29) is 5.56 Å². The van der Waals surface area contributed by atoms with Crippen LogP contribution in [-0.2, 0) is 7.05 Å². The van der Waals surface area contributed by atoms with Crippen molar-refractivity contribution in [3.8, 4) is 5.69 Å². The van der Waals surface area contributed by atoms with Crippen molar-refractivity contribution in [1.82, 2.24) is 9.13 Å². The first kappa shape index (κ1) is 12.8. The smallest absolute Gasteiger partial charge is 0.266 e. The predicted molar refractivity (Wildman–Crippen MR) is 84.1 cm³/mol. The number of hydrogen-bond donors (Lipinski definition) is 0. The third-order valence-corrected chi connectivity index (χ3v) is 3.93. The highest BCUT2D eigenvalue weighted by atomic mass is 32.1. The lowest BCUT2D eigenvalue weighted by Crippen LogP contribution is -2.23. The van der Waals surface area contributed by atoms with Crippen LogP contribution in [0.5, 0.6) is 0 Å². The van der Waals surface area contributed by atoms with Gasteiger partial charge in [0.2, 0.25) is 0 Å². The molecule has 0 aliphatic heterocycles. The largest absolute Gasteiger partial charge is 0.320 e. The second-order valence-electron chi connectivity index (χ2n) is 4.83. The molecule has 3 aromatic rings. The molecule has 1 heterocycles. The monoisotopic (exact) mass is 282 g/mol. The topological polar surface area (TPSA) is 26.9 Å². The van der Waals surface area contributed by atoms with E-state index < -0.39 is 0 Å². The highest BCUT2D eigenvalue weighted by Gasteiger charge is 2.09. The molecule has 0 unspecified atom stereocenters. The molecule has 0 radical (unpaired) electrons. The molecule has 1 aromatic heterocycles. The predicted octanol–water partition coefficient (Wildman–Crippen LogP) is 3.37. The zero-order valence-electron chi connectivity index (χ0n) is 11.3. The molecule has 0 N–H and O–H groups in total. The van der Waals surface area contributed by atoms with Crippen molar-refractivity contribution in [2.45, 2.75) is 6.92 Å². The summed E-state index contributed by atoms with van der Waals surface area (Å²) in [5.41, 5.74) is 2.73. The Morgan fingerprint density at radius 3 is 2.35 bits per heavy atom. The van der Waals surface area contributed by atoms with E-state index in [2.05, 4.69) is 0 Å². The van der Waals surface area contributed by atoms with Crippen LogP contribution in [0.15, 0.2) is 53.3 Å². The van der Waals surface area contributed by atoms with E-state index in [9.17, 15) is 4.79 Å². The van der Waals surface area contributed by atoms with Crippen LogP contribution in [0.3, 0.4) is 0 Å². The van der Waals surface area contributed by atoms with Gasteiger partial charge >= 0.3 is 0 Å². The molecule has 0 aliphatic carbocycles. The summed E-state index contributed by atoms with van der Waals surface area (Å²) in [6, 6.07) is 15.3. The average Bonchev–Trinajstić information content (AvgIpc) is 2.47. The Bertz CT molecular complexity index is 904. The quantitative estimate of drug-likeness (QED) is 0.640. The van der Waals surface area contributed by atoms with Gasteiger partial charge in [-0.15, -0.1) is 0 Å². The van der Waals surface area contributed by atoms with Gasteiger partial charge in [0.05, 0.1) is 16.6 Å². The van der Waals surface area contributed by atoms with Gasteiger partial charge in [-0.25, -0.2) is 0 Å². The molecule has 0 amide bonds. The summed E-state index contributed by atoms with van der Waals surface area (Å²) in [6.07, 6.45) is 0. The number of benzene rings is 2. The van der Waals surface area contributed by atoms with Crippen LogP contribution in [0.25, 0.3) is 16.6 Å². The summed E-state index contributed by atoms with van der Waals surface area (Å²) in [5.74, 6) is 0. The van der Waals surface area contributed by atoms with Crippen molar-refractivity contribution in [2.24, 2.45) is 7.05 Å². The summed E-state index contributed by atoms with van der Waals surface area (Å²) in [7, 11) is 1.88. The first-order chi connectivity index (χ1) is 9.59. The number of para-hydroxylation sites is 1. The number of fused-ring (bicyclic) bond motifs is 1. The van der Waals surface area contributed by atoms with Gasteiger partial charge in [-0.2, -0.15) is 0 Å². The van der Waals surface area contributed by atoms with Crippen LogP contribution >= 0.6 is 12.2 Å². The molecule has 0 atom stereocenters. The molecular weight excluding hydrogens is 268 g/mol. The SMILES string of the molecule is Cc1ccc(-n2c(=O)c3ccccc3n(C)c2=S)cc1. The van der Waals surface area contributed by atoms with E-state index in [1.165, 1.54) is 0 Å². The van der Waals surface area contributed by atoms with Gasteiger partial charge < -0.3 is 4.57 Å². The summed E-state index contributed by atoms with van der Waals surface area (Å²) < 4.78 is 3.95. The van der Waals surface area contributed by atoms with E-state index in [4.69, 9.17) is 12.2 Å². The van der Waals surface area contributed by atoms with Crippen molar-refractivity contribution in [3.05, 3.63) is 69.2 Å². The minimum atomic E-state index is -0.0763. The zero-order valence-corrected chi connectivity index (χ0v) is 12.1. The Labute approximate surface area is 121 Å². The number of hydrogen-bond acceptors (Lipinski definition) is 2. The van der Waals surface area contributed by atoms with Crippen LogP contribution in [0, 0.1) is 11.7 Å². The summed E-state index contributed by atoms with van der Waals surface area (Å²) in [6.45, 7) is 2.02. The van der Waals surface area contributed by atoms with E-state index in [0.29, 0.717) is 10.2 Å². The van der Waals surface area contributed by atoms with E-state index in [1.807, 2.05) is 67.1 Å². The van der Waals surface area contributed by atoms with E-state index in [0.717, 1.165) is 16.8 Å². The third-order valence-electron chi connectivity index (χ3n) is 3.47. The molecule has 0 spiro atoms. The summed E-state index contributed by atoms with van der Waals surface area (Å²) in [5, 5.41) is 0.671. The lowest BCUT2D eigenvalue weighted by atomic mass is 10.2. The summed E-state index contributed by atoms with van der Waals surface area (Å²) in [4.78, 5) is 12.7. The minimum absolute atomic E-state index is 0.0763. The van der Waals surface area contributed by atoms with Crippen molar-refractivity contribution in [3.63, 3.8) is 0 Å². The Hall–Kier alpha value is -2.20. The molecule has 20 heavy (non-hydrogen) atoms. The molecule has 3 nitrogen and oxygen atoms in total. The molecule has 0 bridgehead atoms. The maximum absolute atomic E-state index is 12.7. The number of nitrogens with zero attached hydrogens (tertiary/aromatic N) is 2.